The van der Waals surface area contributed by atoms with Gasteiger partial charge in [-0.1, -0.05) is 13.8 Å². The first-order chi connectivity index (χ1) is 6.91. The van der Waals surface area contributed by atoms with E-state index in [4.69, 9.17) is 5.26 Å². The van der Waals surface area contributed by atoms with Gasteiger partial charge in [0, 0.05) is 17.4 Å². The highest BCUT2D eigenvalue weighted by atomic mass is 79.9. The molecule has 0 aliphatic rings. The summed E-state index contributed by atoms with van der Waals surface area (Å²) in [5, 5.41) is 9.11. The molecule has 82 valence electrons. The molecule has 0 amide bonds. The molecule has 0 radical (unpaired) electrons. The van der Waals surface area contributed by atoms with Crippen molar-refractivity contribution in [1.82, 2.24) is 4.57 Å². The summed E-state index contributed by atoms with van der Waals surface area (Å²) in [6.07, 6.45) is 0. The van der Waals surface area contributed by atoms with Crippen LogP contribution in [0.4, 0.5) is 0 Å². The number of nitriles is 1. The fourth-order valence-electron chi connectivity index (χ4n) is 2.02. The van der Waals surface area contributed by atoms with Crippen LogP contribution in [0.3, 0.4) is 0 Å². The first kappa shape index (κ1) is 12.3. The molecule has 1 rings (SSSR count). The summed E-state index contributed by atoms with van der Waals surface area (Å²) >= 11 is 3.54. The Balaban J connectivity index is 3.56. The van der Waals surface area contributed by atoms with Crippen molar-refractivity contribution < 1.29 is 0 Å². The molecule has 0 N–H and O–H groups in total. The molecular formula is C12H17BrN2. The van der Waals surface area contributed by atoms with Gasteiger partial charge in [0.15, 0.2) is 0 Å². The molecule has 0 aliphatic heterocycles. The topological polar surface area (TPSA) is 28.7 Å². The van der Waals surface area contributed by atoms with Crippen molar-refractivity contribution in [3.63, 3.8) is 0 Å². The molecular weight excluding hydrogens is 252 g/mol. The zero-order valence-electron chi connectivity index (χ0n) is 9.93. The van der Waals surface area contributed by atoms with E-state index in [0.29, 0.717) is 12.0 Å². The summed E-state index contributed by atoms with van der Waals surface area (Å²) in [4.78, 5) is 0. The Bertz CT molecular complexity index is 377. The van der Waals surface area contributed by atoms with E-state index in [0.717, 1.165) is 15.7 Å². The van der Waals surface area contributed by atoms with Gasteiger partial charge in [0.25, 0.3) is 0 Å². The Morgan fingerprint density at radius 2 is 1.80 bits per heavy atom. The van der Waals surface area contributed by atoms with Crippen molar-refractivity contribution in [3.8, 4) is 6.07 Å². The average Bonchev–Trinajstić information content (AvgIpc) is 2.37. The number of hydrogen-bond donors (Lipinski definition) is 0. The lowest BCUT2D eigenvalue weighted by Gasteiger charge is -2.18. The highest BCUT2D eigenvalue weighted by Crippen LogP contribution is 2.34. The number of hydrogen-bond acceptors (Lipinski definition) is 1. The van der Waals surface area contributed by atoms with Gasteiger partial charge in [-0.25, -0.2) is 0 Å². The average molecular weight is 269 g/mol. The van der Waals surface area contributed by atoms with Crippen LogP contribution in [-0.4, -0.2) is 4.57 Å². The first-order valence-corrected chi connectivity index (χ1v) is 6.01. The van der Waals surface area contributed by atoms with E-state index < -0.39 is 0 Å². The molecule has 1 aromatic heterocycles. The lowest BCUT2D eigenvalue weighted by molar-refractivity contribution is 0.546. The second-order valence-corrected chi connectivity index (χ2v) is 5.18. The van der Waals surface area contributed by atoms with E-state index >= 15 is 0 Å². The number of halogens is 1. The Labute approximate surface area is 100 Å². The van der Waals surface area contributed by atoms with E-state index in [-0.39, 0.29) is 0 Å². The monoisotopic (exact) mass is 268 g/mol. The van der Waals surface area contributed by atoms with E-state index in [1.807, 2.05) is 6.92 Å². The third kappa shape index (κ3) is 1.96. The number of nitrogens with zero attached hydrogens (tertiary/aromatic N) is 2. The summed E-state index contributed by atoms with van der Waals surface area (Å²) in [6.45, 7) is 10.6. The van der Waals surface area contributed by atoms with Gasteiger partial charge in [0.05, 0.1) is 10.0 Å². The molecule has 1 heterocycles. The fraction of sp³-hybridized carbons (Fsp3) is 0.583. The maximum Gasteiger partial charge on any atom is 0.102 e. The highest BCUT2D eigenvalue weighted by Gasteiger charge is 2.21. The quantitative estimate of drug-likeness (QED) is 0.793. The summed E-state index contributed by atoms with van der Waals surface area (Å²) < 4.78 is 3.21. The van der Waals surface area contributed by atoms with Gasteiger partial charge < -0.3 is 4.57 Å². The molecule has 0 fully saturated rings. The lowest BCUT2D eigenvalue weighted by Crippen LogP contribution is -2.08. The second kappa shape index (κ2) is 4.40. The smallest absolute Gasteiger partial charge is 0.102 e. The molecule has 0 saturated heterocycles. The third-order valence-electron chi connectivity index (χ3n) is 2.60. The van der Waals surface area contributed by atoms with Crippen LogP contribution in [0.1, 0.15) is 56.6 Å². The lowest BCUT2D eigenvalue weighted by atomic mass is 10.1. The standard InChI is InChI=1S/C12H17BrN2/c1-7(2)12-11(13)10(6-14)9(5)15(12)8(3)4/h7-8H,1-5H3. The Kier molecular flexibility index (Phi) is 3.62. The highest BCUT2D eigenvalue weighted by molar-refractivity contribution is 9.10. The SMILES string of the molecule is Cc1c(C#N)c(Br)c(C(C)C)n1C(C)C. The van der Waals surface area contributed by atoms with Crippen LogP contribution < -0.4 is 0 Å². The molecule has 0 unspecified atom stereocenters. The summed E-state index contributed by atoms with van der Waals surface area (Å²) in [5.41, 5.74) is 3.05. The predicted octanol–water partition coefficient (Wildman–Crippen LogP) is 4.14. The van der Waals surface area contributed by atoms with Crippen molar-refractivity contribution in [2.45, 2.75) is 46.6 Å². The van der Waals surface area contributed by atoms with E-state index in [1.54, 1.807) is 0 Å². The van der Waals surface area contributed by atoms with E-state index in [2.05, 4.69) is 54.3 Å². The Hall–Kier alpha value is -0.750. The van der Waals surface area contributed by atoms with Crippen molar-refractivity contribution in [2.24, 2.45) is 0 Å². The van der Waals surface area contributed by atoms with Crippen LogP contribution in [0.2, 0.25) is 0 Å². The van der Waals surface area contributed by atoms with Crippen LogP contribution in [-0.2, 0) is 0 Å². The molecule has 0 aromatic carbocycles. The fourth-order valence-corrected chi connectivity index (χ4v) is 3.05. The van der Waals surface area contributed by atoms with Gasteiger partial charge in [-0.2, -0.15) is 5.26 Å². The minimum absolute atomic E-state index is 0.390. The zero-order chi connectivity index (χ0) is 11.7. The molecule has 15 heavy (non-hydrogen) atoms. The van der Waals surface area contributed by atoms with Gasteiger partial charge in [-0.15, -0.1) is 0 Å². The van der Waals surface area contributed by atoms with Crippen LogP contribution in [0.15, 0.2) is 4.47 Å². The molecule has 2 nitrogen and oxygen atoms in total. The number of rotatable bonds is 2. The normalized spacial score (nSPS) is 11.1. The van der Waals surface area contributed by atoms with E-state index in [9.17, 15) is 0 Å². The van der Waals surface area contributed by atoms with Crippen LogP contribution in [0, 0.1) is 18.3 Å². The molecule has 0 bridgehead atoms. The van der Waals surface area contributed by atoms with Crippen molar-refractivity contribution in [3.05, 3.63) is 21.4 Å². The minimum Gasteiger partial charge on any atom is -0.344 e. The number of aromatic nitrogens is 1. The van der Waals surface area contributed by atoms with Crippen LogP contribution in [0.5, 0.6) is 0 Å². The first-order valence-electron chi connectivity index (χ1n) is 5.22. The van der Waals surface area contributed by atoms with Gasteiger partial charge >= 0.3 is 0 Å². The third-order valence-corrected chi connectivity index (χ3v) is 3.40. The molecule has 0 aliphatic carbocycles. The molecule has 0 atom stereocenters. The van der Waals surface area contributed by atoms with Crippen molar-refractivity contribution >= 4 is 15.9 Å². The minimum atomic E-state index is 0.390. The molecule has 0 saturated carbocycles. The van der Waals surface area contributed by atoms with Gasteiger partial charge in [0.2, 0.25) is 0 Å². The Morgan fingerprint density at radius 1 is 1.27 bits per heavy atom. The second-order valence-electron chi connectivity index (χ2n) is 4.39. The van der Waals surface area contributed by atoms with E-state index in [1.165, 1.54) is 5.69 Å². The largest absolute Gasteiger partial charge is 0.344 e. The maximum absolute atomic E-state index is 9.11. The van der Waals surface area contributed by atoms with Crippen LogP contribution >= 0.6 is 15.9 Å². The van der Waals surface area contributed by atoms with Crippen LogP contribution in [0.25, 0.3) is 0 Å². The van der Waals surface area contributed by atoms with Crippen molar-refractivity contribution in [1.29, 1.82) is 5.26 Å². The van der Waals surface area contributed by atoms with Crippen molar-refractivity contribution in [2.75, 3.05) is 0 Å². The molecule has 0 spiro atoms. The summed E-state index contributed by atoms with van der Waals surface area (Å²) in [7, 11) is 0. The maximum atomic E-state index is 9.11. The Morgan fingerprint density at radius 3 is 2.07 bits per heavy atom. The van der Waals surface area contributed by atoms with Gasteiger partial charge in [-0.05, 0) is 42.6 Å². The zero-order valence-corrected chi connectivity index (χ0v) is 11.5. The molecule has 1 aromatic rings. The van der Waals surface area contributed by atoms with Gasteiger partial charge in [-0.3, -0.25) is 0 Å². The summed E-state index contributed by atoms with van der Waals surface area (Å²) in [6, 6.07) is 2.66. The summed E-state index contributed by atoms with van der Waals surface area (Å²) in [5.74, 6) is 0.419. The predicted molar refractivity (Wildman–Crippen MR) is 66.1 cm³/mol. The molecule has 3 heteroatoms. The van der Waals surface area contributed by atoms with Gasteiger partial charge in [0.1, 0.15) is 6.07 Å².